The highest BCUT2D eigenvalue weighted by atomic mass is 16.6. The largest absolute Gasteiger partial charge is 0.384 e. The van der Waals surface area contributed by atoms with Crippen molar-refractivity contribution in [3.8, 4) is 0 Å². The number of fused-ring (bicyclic) bond motifs is 1. The van der Waals surface area contributed by atoms with E-state index in [-0.39, 0.29) is 17.4 Å². The maximum Gasteiger partial charge on any atom is 0.270 e. The summed E-state index contributed by atoms with van der Waals surface area (Å²) in [6, 6.07) is 21.5. The van der Waals surface area contributed by atoms with Gasteiger partial charge < -0.3 is 15.6 Å². The molecule has 0 atom stereocenters. The van der Waals surface area contributed by atoms with Crippen LogP contribution in [-0.4, -0.2) is 42.4 Å². The Labute approximate surface area is 209 Å². The van der Waals surface area contributed by atoms with E-state index in [9.17, 15) is 14.9 Å². The molecule has 4 rings (SSSR count). The first kappa shape index (κ1) is 24.6. The number of hydrogen-bond acceptors (Lipinski definition) is 4. The molecule has 184 valence electrons. The van der Waals surface area contributed by atoms with E-state index in [0.717, 1.165) is 16.8 Å². The van der Waals surface area contributed by atoms with Gasteiger partial charge in [0.25, 0.3) is 11.6 Å². The van der Waals surface area contributed by atoms with E-state index in [1.807, 2.05) is 41.0 Å². The van der Waals surface area contributed by atoms with Gasteiger partial charge in [-0.3, -0.25) is 24.8 Å². The zero-order valence-corrected chi connectivity index (χ0v) is 20.5. The Kier molecular flexibility index (Phi) is 6.59. The predicted molar refractivity (Wildman–Crippen MR) is 142 cm³/mol. The third-order valence-electron chi connectivity index (χ3n) is 6.07. The molecule has 1 aromatic heterocycles. The van der Waals surface area contributed by atoms with Crippen molar-refractivity contribution in [2.45, 2.75) is 13.1 Å². The maximum absolute atomic E-state index is 13.3. The Morgan fingerprint density at radius 2 is 1.75 bits per heavy atom. The molecule has 0 aliphatic heterocycles. The van der Waals surface area contributed by atoms with Crippen LogP contribution in [0.1, 0.15) is 27.2 Å². The number of nitrogens with zero attached hydrogens (tertiary/aromatic N) is 3. The normalized spacial score (nSPS) is 11.4. The van der Waals surface area contributed by atoms with Crippen molar-refractivity contribution in [2.24, 2.45) is 5.73 Å². The summed E-state index contributed by atoms with van der Waals surface area (Å²) < 4.78 is 2.53. The van der Waals surface area contributed by atoms with E-state index in [1.54, 1.807) is 24.3 Å². The SMILES string of the molecule is C[N+](C)(C)c1ccc(CNC(=O)c2cc3cc([N+](=O)[O-])ccc3n2Cc2cccc(C(=N)N)c2)cc1. The van der Waals surface area contributed by atoms with Crippen LogP contribution in [0.3, 0.4) is 0 Å². The minimum atomic E-state index is -0.452. The highest BCUT2D eigenvalue weighted by Crippen LogP contribution is 2.26. The lowest BCUT2D eigenvalue weighted by Gasteiger charge is -2.23. The fourth-order valence-corrected chi connectivity index (χ4v) is 4.08. The Balaban J connectivity index is 1.66. The molecule has 36 heavy (non-hydrogen) atoms. The Morgan fingerprint density at radius 1 is 1.03 bits per heavy atom. The second kappa shape index (κ2) is 9.63. The average molecular weight is 486 g/mol. The van der Waals surface area contributed by atoms with E-state index < -0.39 is 4.92 Å². The third kappa shape index (κ3) is 5.26. The monoisotopic (exact) mass is 485 g/mol. The minimum Gasteiger partial charge on any atom is -0.384 e. The molecule has 0 aliphatic rings. The lowest BCUT2D eigenvalue weighted by molar-refractivity contribution is -0.384. The number of rotatable bonds is 8. The Morgan fingerprint density at radius 3 is 2.39 bits per heavy atom. The molecule has 0 spiro atoms. The van der Waals surface area contributed by atoms with Gasteiger partial charge in [-0.15, -0.1) is 0 Å². The zero-order valence-electron chi connectivity index (χ0n) is 20.5. The number of nitro benzene ring substituents is 1. The van der Waals surface area contributed by atoms with Crippen molar-refractivity contribution in [3.63, 3.8) is 0 Å². The minimum absolute atomic E-state index is 0.0393. The first-order valence-corrected chi connectivity index (χ1v) is 11.4. The number of quaternary nitrogens is 1. The molecule has 3 aromatic carbocycles. The van der Waals surface area contributed by atoms with Crippen molar-refractivity contribution in [3.05, 3.63) is 105 Å². The summed E-state index contributed by atoms with van der Waals surface area (Å²) in [5.74, 6) is -0.327. The summed E-state index contributed by atoms with van der Waals surface area (Å²) in [5.41, 5.74) is 10.3. The van der Waals surface area contributed by atoms with Gasteiger partial charge in [-0.05, 0) is 41.5 Å². The number of amides is 1. The van der Waals surface area contributed by atoms with Gasteiger partial charge in [0.2, 0.25) is 0 Å². The van der Waals surface area contributed by atoms with Crippen molar-refractivity contribution in [1.29, 1.82) is 5.41 Å². The van der Waals surface area contributed by atoms with Crippen LogP contribution in [0.15, 0.2) is 72.8 Å². The van der Waals surface area contributed by atoms with Gasteiger partial charge in [0.15, 0.2) is 0 Å². The lowest BCUT2D eigenvalue weighted by atomic mass is 10.1. The van der Waals surface area contributed by atoms with Crippen LogP contribution in [-0.2, 0) is 13.1 Å². The lowest BCUT2D eigenvalue weighted by Crippen LogP contribution is -2.34. The fourth-order valence-electron chi connectivity index (χ4n) is 4.08. The smallest absolute Gasteiger partial charge is 0.270 e. The van der Waals surface area contributed by atoms with E-state index >= 15 is 0 Å². The summed E-state index contributed by atoms with van der Waals surface area (Å²) >= 11 is 0. The Bertz CT molecular complexity index is 1470. The van der Waals surface area contributed by atoms with Crippen LogP contribution in [0.5, 0.6) is 0 Å². The van der Waals surface area contributed by atoms with E-state index in [4.69, 9.17) is 11.1 Å². The molecule has 0 aliphatic carbocycles. The molecule has 0 saturated carbocycles. The van der Waals surface area contributed by atoms with Crippen LogP contribution >= 0.6 is 0 Å². The van der Waals surface area contributed by atoms with Crippen LogP contribution in [0, 0.1) is 15.5 Å². The first-order valence-electron chi connectivity index (χ1n) is 11.4. The Hall–Kier alpha value is -4.50. The number of carbonyl (C=O) groups excluding carboxylic acids is 1. The van der Waals surface area contributed by atoms with Crippen LogP contribution in [0.4, 0.5) is 11.4 Å². The number of hydrogen-bond donors (Lipinski definition) is 3. The summed E-state index contributed by atoms with van der Waals surface area (Å²) in [4.78, 5) is 24.1. The van der Waals surface area contributed by atoms with Gasteiger partial charge >= 0.3 is 0 Å². The molecule has 9 nitrogen and oxygen atoms in total. The number of amidine groups is 1. The van der Waals surface area contributed by atoms with Crippen LogP contribution in [0.2, 0.25) is 0 Å². The van der Waals surface area contributed by atoms with Gasteiger partial charge in [0.05, 0.1) is 26.1 Å². The number of nitrogen functional groups attached to an aromatic ring is 1. The van der Waals surface area contributed by atoms with E-state index in [2.05, 4.69) is 26.5 Å². The number of nitrogens with one attached hydrogen (secondary N) is 2. The molecule has 0 saturated heterocycles. The van der Waals surface area contributed by atoms with Gasteiger partial charge in [-0.25, -0.2) is 0 Å². The molecular formula is C27H29N6O3+. The number of carbonyl (C=O) groups is 1. The molecule has 4 N–H and O–H groups in total. The topological polar surface area (TPSA) is 127 Å². The number of nitrogens with two attached hydrogens (primary N) is 1. The quantitative estimate of drug-likeness (QED) is 0.115. The highest BCUT2D eigenvalue weighted by molar-refractivity contribution is 5.99. The molecule has 0 bridgehead atoms. The standard InChI is InChI=1S/C27H28N6O3/c1-33(2,3)23-10-7-18(8-11-23)16-30-27(34)25-15-21-14-22(32(35)36)9-12-24(21)31(25)17-19-5-4-6-20(13-19)26(28)29/h4-15H,16-17H2,1-3H3,(H3-,28,29,30,34)/p+1. The van der Waals surface area contributed by atoms with Crippen molar-refractivity contribution in [2.75, 3.05) is 21.1 Å². The van der Waals surface area contributed by atoms with Gasteiger partial charge in [-0.2, -0.15) is 0 Å². The van der Waals surface area contributed by atoms with Crippen molar-refractivity contribution >= 4 is 34.0 Å². The van der Waals surface area contributed by atoms with Crippen molar-refractivity contribution < 1.29 is 9.72 Å². The van der Waals surface area contributed by atoms with Gasteiger partial charge in [0.1, 0.15) is 17.2 Å². The van der Waals surface area contributed by atoms with Gasteiger partial charge in [0, 0.05) is 41.7 Å². The predicted octanol–water partition coefficient (Wildman–Crippen LogP) is 4.01. The second-order valence-corrected chi connectivity index (χ2v) is 9.59. The molecule has 9 heteroatoms. The molecule has 0 radical (unpaired) electrons. The second-order valence-electron chi connectivity index (χ2n) is 9.59. The number of aromatic nitrogens is 1. The number of non-ortho nitro benzene ring substituents is 1. The molecule has 0 unspecified atom stereocenters. The highest BCUT2D eigenvalue weighted by Gasteiger charge is 2.19. The molecular weight excluding hydrogens is 456 g/mol. The van der Waals surface area contributed by atoms with Gasteiger partial charge in [-0.1, -0.05) is 30.3 Å². The van der Waals surface area contributed by atoms with E-state index in [1.165, 1.54) is 12.1 Å². The van der Waals surface area contributed by atoms with Crippen LogP contribution in [0.25, 0.3) is 10.9 Å². The van der Waals surface area contributed by atoms with Crippen molar-refractivity contribution in [1.82, 2.24) is 14.4 Å². The summed E-state index contributed by atoms with van der Waals surface area (Å²) in [6.07, 6.45) is 0. The fraction of sp³-hybridized carbons (Fsp3) is 0.185. The third-order valence-corrected chi connectivity index (χ3v) is 6.07. The molecule has 1 amide bonds. The number of nitro groups is 1. The summed E-state index contributed by atoms with van der Waals surface area (Å²) in [5, 5.41) is 22.6. The molecule has 0 fully saturated rings. The van der Waals surface area contributed by atoms with E-state index in [0.29, 0.717) is 39.7 Å². The average Bonchev–Trinajstić information content (AvgIpc) is 3.20. The maximum atomic E-state index is 13.3. The summed E-state index contributed by atoms with van der Waals surface area (Å²) in [7, 11) is 6.27. The number of benzene rings is 3. The summed E-state index contributed by atoms with van der Waals surface area (Å²) in [6.45, 7) is 0.682. The molecule has 4 aromatic rings. The zero-order chi connectivity index (χ0) is 26.0. The van der Waals surface area contributed by atoms with Crippen LogP contribution < -0.4 is 15.5 Å². The first-order chi connectivity index (χ1) is 17.0. The molecule has 1 heterocycles.